The molecule has 1 aromatic carbocycles. The van der Waals surface area contributed by atoms with E-state index in [4.69, 9.17) is 10.2 Å². The van der Waals surface area contributed by atoms with E-state index in [-0.39, 0.29) is 5.57 Å². The summed E-state index contributed by atoms with van der Waals surface area (Å²) >= 11 is 2.00. The van der Waals surface area contributed by atoms with Gasteiger partial charge in [0, 0.05) is 17.1 Å². The second-order valence-corrected chi connectivity index (χ2v) is 4.26. The fourth-order valence-corrected chi connectivity index (χ4v) is 0.428. The van der Waals surface area contributed by atoms with E-state index >= 15 is 0 Å². The molecule has 0 bridgehead atoms. The number of benzene rings is 1. The smallest absolute Gasteiger partial charge is 0.330 e. The third-order valence-electron chi connectivity index (χ3n) is 1.33. The summed E-state index contributed by atoms with van der Waals surface area (Å²) in [6.45, 7) is 4.60. The van der Waals surface area contributed by atoms with Crippen molar-refractivity contribution in [1.29, 1.82) is 0 Å². The summed E-state index contributed by atoms with van der Waals surface area (Å²) in [5, 5.41) is 16.5. The van der Waals surface area contributed by atoms with Crippen LogP contribution in [0.2, 0.25) is 0 Å². The van der Waals surface area contributed by atoms with E-state index in [1.54, 1.807) is 24.3 Å². The molecule has 1 aliphatic heterocycles. The zero-order chi connectivity index (χ0) is 12.4. The van der Waals surface area contributed by atoms with Crippen molar-refractivity contribution in [2.24, 2.45) is 0 Å². The highest BCUT2D eigenvalue weighted by atomic mass is 32.2. The number of hydrogen-bond donors (Lipinski definition) is 2. The summed E-state index contributed by atoms with van der Waals surface area (Å²) in [6.07, 6.45) is 0. The van der Waals surface area contributed by atoms with Crippen LogP contribution in [0, 0.1) is 0 Å². The van der Waals surface area contributed by atoms with Crippen LogP contribution in [0.3, 0.4) is 0 Å². The SMILES string of the molecule is C1CS1.C=C(C)C(=O)O.Oc1ccccc1. The molecule has 16 heavy (non-hydrogen) atoms. The predicted molar refractivity (Wildman–Crippen MR) is 67.9 cm³/mol. The summed E-state index contributed by atoms with van der Waals surface area (Å²) in [5.74, 6) is 2.22. The lowest BCUT2D eigenvalue weighted by molar-refractivity contribution is -0.132. The van der Waals surface area contributed by atoms with Crippen molar-refractivity contribution in [3.05, 3.63) is 42.5 Å². The number of rotatable bonds is 1. The number of para-hydroxylation sites is 1. The number of phenolic OH excluding ortho intramolecular Hbond substituents is 1. The van der Waals surface area contributed by atoms with Crippen molar-refractivity contribution in [3.8, 4) is 5.75 Å². The number of carboxylic acids is 1. The van der Waals surface area contributed by atoms with E-state index in [0.717, 1.165) is 0 Å². The van der Waals surface area contributed by atoms with E-state index in [2.05, 4.69) is 6.58 Å². The van der Waals surface area contributed by atoms with Gasteiger partial charge in [-0.15, -0.1) is 0 Å². The summed E-state index contributed by atoms with van der Waals surface area (Å²) < 4.78 is 0. The Bertz CT molecular complexity index is 306. The Hall–Kier alpha value is -1.42. The third-order valence-corrected chi connectivity index (χ3v) is 1.73. The minimum atomic E-state index is -0.935. The molecule has 2 N–H and O–H groups in total. The van der Waals surface area contributed by atoms with Gasteiger partial charge in [-0.05, 0) is 19.1 Å². The summed E-state index contributed by atoms with van der Waals surface area (Å²) in [7, 11) is 0. The molecule has 1 fully saturated rings. The van der Waals surface area contributed by atoms with Gasteiger partial charge in [0.1, 0.15) is 5.75 Å². The maximum atomic E-state index is 9.60. The lowest BCUT2D eigenvalue weighted by atomic mass is 10.3. The van der Waals surface area contributed by atoms with Crippen LogP contribution in [0.25, 0.3) is 0 Å². The normalized spacial score (nSPS) is 11.1. The Balaban J connectivity index is 0.000000226. The molecule has 0 unspecified atom stereocenters. The average Bonchev–Trinajstić information content (AvgIpc) is 3.06. The van der Waals surface area contributed by atoms with E-state index in [0.29, 0.717) is 5.75 Å². The zero-order valence-corrected chi connectivity index (χ0v) is 10.0. The first-order valence-corrected chi connectivity index (χ1v) is 5.90. The van der Waals surface area contributed by atoms with Gasteiger partial charge < -0.3 is 10.2 Å². The van der Waals surface area contributed by atoms with Gasteiger partial charge in [-0.2, -0.15) is 11.8 Å². The van der Waals surface area contributed by atoms with Gasteiger partial charge in [0.25, 0.3) is 0 Å². The zero-order valence-electron chi connectivity index (χ0n) is 9.22. The van der Waals surface area contributed by atoms with Gasteiger partial charge >= 0.3 is 5.97 Å². The van der Waals surface area contributed by atoms with E-state index in [9.17, 15) is 4.79 Å². The van der Waals surface area contributed by atoms with Crippen molar-refractivity contribution >= 4 is 17.7 Å². The standard InChI is InChI=1S/C6H6O.C4H6O2.C2H4S/c7-6-4-2-1-3-5-6;1-3(2)4(5)6;1-2-3-1/h1-5,7H;1H2,2H3,(H,5,6);1-2H2. The molecular weight excluding hydrogens is 224 g/mol. The Kier molecular flexibility index (Phi) is 8.07. The lowest BCUT2D eigenvalue weighted by Crippen LogP contribution is -1.92. The average molecular weight is 240 g/mol. The van der Waals surface area contributed by atoms with Crippen LogP contribution < -0.4 is 0 Å². The largest absolute Gasteiger partial charge is 0.508 e. The van der Waals surface area contributed by atoms with Crippen LogP contribution >= 0.6 is 11.8 Å². The maximum absolute atomic E-state index is 9.60. The molecule has 2 rings (SSSR count). The van der Waals surface area contributed by atoms with Crippen LogP contribution in [0.15, 0.2) is 42.5 Å². The molecule has 0 amide bonds. The Morgan fingerprint density at radius 2 is 1.69 bits per heavy atom. The molecule has 1 saturated heterocycles. The number of thioether (sulfide) groups is 1. The number of phenols is 1. The van der Waals surface area contributed by atoms with Crippen LogP contribution in [0.5, 0.6) is 5.75 Å². The Labute approximate surface area is 99.8 Å². The predicted octanol–water partition coefficient (Wildman–Crippen LogP) is 2.77. The van der Waals surface area contributed by atoms with Crippen molar-refractivity contribution in [1.82, 2.24) is 0 Å². The molecule has 0 saturated carbocycles. The van der Waals surface area contributed by atoms with Gasteiger partial charge in [0.05, 0.1) is 0 Å². The highest BCUT2D eigenvalue weighted by Gasteiger charge is 1.95. The third kappa shape index (κ3) is 12.6. The minimum absolute atomic E-state index is 0.176. The van der Waals surface area contributed by atoms with Gasteiger partial charge in [-0.25, -0.2) is 4.79 Å². The first-order valence-electron chi connectivity index (χ1n) is 4.74. The number of aromatic hydroxyl groups is 1. The number of carbonyl (C=O) groups is 1. The van der Waals surface area contributed by atoms with Gasteiger partial charge in [0.2, 0.25) is 0 Å². The maximum Gasteiger partial charge on any atom is 0.330 e. The monoisotopic (exact) mass is 240 g/mol. The van der Waals surface area contributed by atoms with E-state index < -0.39 is 5.97 Å². The highest BCUT2D eigenvalue weighted by Crippen LogP contribution is 2.14. The number of aliphatic carboxylic acids is 1. The van der Waals surface area contributed by atoms with Gasteiger partial charge in [-0.1, -0.05) is 24.8 Å². The first-order chi connectivity index (χ1) is 7.54. The van der Waals surface area contributed by atoms with Crippen LogP contribution in [-0.2, 0) is 4.79 Å². The molecule has 0 atom stereocenters. The van der Waals surface area contributed by atoms with Crippen molar-refractivity contribution < 1.29 is 15.0 Å². The fraction of sp³-hybridized carbons (Fsp3) is 0.250. The van der Waals surface area contributed by atoms with Crippen LogP contribution in [0.1, 0.15) is 6.92 Å². The molecule has 0 spiro atoms. The van der Waals surface area contributed by atoms with Crippen molar-refractivity contribution in [2.75, 3.05) is 11.5 Å². The van der Waals surface area contributed by atoms with Gasteiger partial charge in [0.15, 0.2) is 0 Å². The van der Waals surface area contributed by atoms with Crippen LogP contribution in [0.4, 0.5) is 0 Å². The molecular formula is C12H16O3S. The van der Waals surface area contributed by atoms with Crippen molar-refractivity contribution in [2.45, 2.75) is 6.92 Å². The summed E-state index contributed by atoms with van der Waals surface area (Å²) in [6, 6.07) is 8.71. The van der Waals surface area contributed by atoms with Gasteiger partial charge in [-0.3, -0.25) is 0 Å². The van der Waals surface area contributed by atoms with E-state index in [1.807, 2.05) is 17.8 Å². The molecule has 88 valence electrons. The quantitative estimate of drug-likeness (QED) is 0.585. The molecule has 1 aliphatic rings. The molecule has 1 aromatic rings. The molecule has 1 heterocycles. The fourth-order valence-electron chi connectivity index (χ4n) is 0.428. The Morgan fingerprint density at radius 3 is 1.81 bits per heavy atom. The molecule has 0 aliphatic carbocycles. The second-order valence-electron chi connectivity index (χ2n) is 3.03. The first kappa shape index (κ1) is 14.6. The molecule has 0 aromatic heterocycles. The Morgan fingerprint density at radius 1 is 1.31 bits per heavy atom. The topological polar surface area (TPSA) is 57.5 Å². The molecule has 4 heteroatoms. The van der Waals surface area contributed by atoms with E-state index in [1.165, 1.54) is 18.4 Å². The molecule has 3 nitrogen and oxygen atoms in total. The number of carboxylic acid groups (broad SMARTS) is 1. The minimum Gasteiger partial charge on any atom is -0.508 e. The van der Waals surface area contributed by atoms with Crippen LogP contribution in [-0.4, -0.2) is 27.7 Å². The van der Waals surface area contributed by atoms with Crippen molar-refractivity contribution in [3.63, 3.8) is 0 Å². The highest BCUT2D eigenvalue weighted by molar-refractivity contribution is 8.06. The number of hydrogen-bond acceptors (Lipinski definition) is 3. The molecule has 0 radical (unpaired) electrons. The summed E-state index contributed by atoms with van der Waals surface area (Å²) in [4.78, 5) is 9.60. The summed E-state index contributed by atoms with van der Waals surface area (Å²) in [5.41, 5.74) is 0.176. The second kappa shape index (κ2) is 8.85. The lowest BCUT2D eigenvalue weighted by Gasteiger charge is -1.82.